The average Bonchev–Trinajstić information content (AvgIpc) is 2.64. The Morgan fingerprint density at radius 1 is 0.889 bits per heavy atom. The lowest BCUT2D eigenvalue weighted by Crippen LogP contribution is -2.56. The van der Waals surface area contributed by atoms with Crippen molar-refractivity contribution >= 4 is 10.0 Å². The number of sulfonamides is 1. The summed E-state index contributed by atoms with van der Waals surface area (Å²) < 4.78 is 27.5. The van der Waals surface area contributed by atoms with Gasteiger partial charge in [0.05, 0.1) is 5.25 Å². The number of likely N-dealkylation sites (tertiary alicyclic amines) is 1. The van der Waals surface area contributed by atoms with Crippen molar-refractivity contribution in [2.75, 3.05) is 20.1 Å². The molecule has 104 valence electrons. The van der Waals surface area contributed by atoms with E-state index in [0.717, 1.165) is 51.6 Å². The minimum Gasteiger partial charge on any atom is -0.303 e. The number of rotatable bonds is 2. The first-order valence-corrected chi connectivity index (χ1v) is 8.80. The van der Waals surface area contributed by atoms with Crippen LogP contribution in [0.15, 0.2) is 0 Å². The highest BCUT2D eigenvalue weighted by molar-refractivity contribution is 7.89. The van der Waals surface area contributed by atoms with E-state index in [1.54, 1.807) is 0 Å². The summed E-state index contributed by atoms with van der Waals surface area (Å²) in [7, 11) is -0.931. The van der Waals surface area contributed by atoms with E-state index in [9.17, 15) is 8.42 Å². The molecule has 0 aromatic carbocycles. The molecule has 0 aromatic heterocycles. The summed E-state index contributed by atoms with van der Waals surface area (Å²) in [4.78, 5) is 2.29. The molecule has 0 aromatic rings. The summed E-state index contributed by atoms with van der Waals surface area (Å²) in [6.45, 7) is 1.84. The van der Waals surface area contributed by atoms with E-state index in [-0.39, 0.29) is 17.3 Å². The molecule has 1 saturated carbocycles. The second kappa shape index (κ2) is 4.76. The highest BCUT2D eigenvalue weighted by Gasteiger charge is 2.47. The van der Waals surface area contributed by atoms with E-state index in [1.807, 2.05) is 4.31 Å². The third-order valence-electron chi connectivity index (χ3n) is 4.87. The van der Waals surface area contributed by atoms with Crippen molar-refractivity contribution in [3.63, 3.8) is 0 Å². The van der Waals surface area contributed by atoms with E-state index in [4.69, 9.17) is 0 Å². The number of likely N-dealkylation sites (N-methyl/N-ethyl adjacent to an activating group) is 1. The number of fused-ring (bicyclic) bond motifs is 2. The van der Waals surface area contributed by atoms with Crippen molar-refractivity contribution in [2.24, 2.45) is 0 Å². The maximum atomic E-state index is 12.8. The maximum Gasteiger partial charge on any atom is 0.217 e. The van der Waals surface area contributed by atoms with Crippen molar-refractivity contribution in [3.05, 3.63) is 0 Å². The molecule has 0 amide bonds. The van der Waals surface area contributed by atoms with Gasteiger partial charge in [-0.2, -0.15) is 4.31 Å². The van der Waals surface area contributed by atoms with E-state index in [1.165, 1.54) is 6.42 Å². The molecular weight excluding hydrogens is 248 g/mol. The molecule has 2 saturated heterocycles. The van der Waals surface area contributed by atoms with Gasteiger partial charge in [-0.15, -0.1) is 0 Å². The van der Waals surface area contributed by atoms with E-state index >= 15 is 0 Å². The molecule has 1 aliphatic carbocycles. The number of hydrogen-bond donors (Lipinski definition) is 0. The molecule has 0 N–H and O–H groups in total. The standard InChI is InChI=1S/C13H24N2O2S/c1-14-9-11-7-8-12(10-14)15(11)18(16,17)13-5-3-2-4-6-13/h11-13H,2-10H2,1H3. The summed E-state index contributed by atoms with van der Waals surface area (Å²) in [5, 5.41) is -0.0854. The van der Waals surface area contributed by atoms with Gasteiger partial charge >= 0.3 is 0 Å². The largest absolute Gasteiger partial charge is 0.303 e. The summed E-state index contributed by atoms with van der Waals surface area (Å²) >= 11 is 0. The van der Waals surface area contributed by atoms with Crippen molar-refractivity contribution in [2.45, 2.75) is 62.3 Å². The SMILES string of the molecule is CN1CC2CCC(C1)N2S(=O)(=O)C1CCCCC1. The molecule has 2 heterocycles. The first-order chi connectivity index (χ1) is 8.59. The Balaban J connectivity index is 1.81. The summed E-state index contributed by atoms with van der Waals surface area (Å²) in [5.41, 5.74) is 0. The predicted octanol–water partition coefficient (Wildman–Crippen LogP) is 1.43. The van der Waals surface area contributed by atoms with Gasteiger partial charge in [0.25, 0.3) is 0 Å². The molecule has 5 heteroatoms. The van der Waals surface area contributed by atoms with Crippen molar-refractivity contribution < 1.29 is 8.42 Å². The quantitative estimate of drug-likeness (QED) is 0.763. The molecule has 3 rings (SSSR count). The Bertz CT molecular complexity index is 389. The molecule has 3 aliphatic rings. The third kappa shape index (κ3) is 2.10. The Morgan fingerprint density at radius 2 is 1.44 bits per heavy atom. The van der Waals surface area contributed by atoms with Gasteiger partial charge in [0.1, 0.15) is 0 Å². The lowest BCUT2D eigenvalue weighted by atomic mass is 10.0. The molecule has 4 nitrogen and oxygen atoms in total. The van der Waals surface area contributed by atoms with Gasteiger partial charge in [-0.05, 0) is 32.7 Å². The van der Waals surface area contributed by atoms with Crippen LogP contribution in [0.3, 0.4) is 0 Å². The van der Waals surface area contributed by atoms with Crippen LogP contribution in [0.1, 0.15) is 44.9 Å². The van der Waals surface area contributed by atoms with Gasteiger partial charge in [0, 0.05) is 25.2 Å². The fourth-order valence-electron chi connectivity index (χ4n) is 4.03. The van der Waals surface area contributed by atoms with Gasteiger partial charge in [0.15, 0.2) is 0 Å². The molecular formula is C13H24N2O2S. The lowest BCUT2D eigenvalue weighted by molar-refractivity contribution is 0.152. The highest BCUT2D eigenvalue weighted by Crippen LogP contribution is 2.36. The Morgan fingerprint density at radius 3 is 2.00 bits per heavy atom. The van der Waals surface area contributed by atoms with Gasteiger partial charge < -0.3 is 4.90 Å². The first-order valence-electron chi connectivity index (χ1n) is 7.30. The number of hydrogen-bond acceptors (Lipinski definition) is 3. The minimum absolute atomic E-state index is 0.0854. The highest BCUT2D eigenvalue weighted by atomic mass is 32.2. The smallest absolute Gasteiger partial charge is 0.217 e. The Kier molecular flexibility index (Phi) is 3.41. The second-order valence-corrected chi connectivity index (χ2v) is 8.36. The zero-order chi connectivity index (χ0) is 12.8. The zero-order valence-electron chi connectivity index (χ0n) is 11.2. The van der Waals surface area contributed by atoms with Crippen molar-refractivity contribution in [1.29, 1.82) is 0 Å². The van der Waals surface area contributed by atoms with Crippen LogP contribution in [0.2, 0.25) is 0 Å². The van der Waals surface area contributed by atoms with Gasteiger partial charge in [-0.1, -0.05) is 19.3 Å². The topological polar surface area (TPSA) is 40.6 Å². The maximum absolute atomic E-state index is 12.8. The Hall–Kier alpha value is -0.130. The van der Waals surface area contributed by atoms with Gasteiger partial charge in [-0.25, -0.2) is 8.42 Å². The van der Waals surface area contributed by atoms with Crippen LogP contribution in [0.25, 0.3) is 0 Å². The van der Waals surface area contributed by atoms with Crippen LogP contribution in [0.5, 0.6) is 0 Å². The monoisotopic (exact) mass is 272 g/mol. The number of nitrogens with zero attached hydrogens (tertiary/aromatic N) is 2. The molecule has 18 heavy (non-hydrogen) atoms. The lowest BCUT2D eigenvalue weighted by Gasteiger charge is -2.40. The average molecular weight is 272 g/mol. The summed E-state index contributed by atoms with van der Waals surface area (Å²) in [6, 6.07) is 0.501. The van der Waals surface area contributed by atoms with Crippen molar-refractivity contribution in [3.8, 4) is 0 Å². The first kappa shape index (κ1) is 12.9. The molecule has 0 radical (unpaired) electrons. The molecule has 3 fully saturated rings. The number of piperazine rings is 1. The minimum atomic E-state index is -3.04. The molecule has 0 spiro atoms. The van der Waals surface area contributed by atoms with Gasteiger partial charge in [-0.3, -0.25) is 0 Å². The summed E-state index contributed by atoms with van der Waals surface area (Å²) in [5.74, 6) is 0. The molecule has 2 atom stereocenters. The fourth-order valence-corrected chi connectivity index (χ4v) is 6.47. The molecule has 2 aliphatic heterocycles. The summed E-state index contributed by atoms with van der Waals surface area (Å²) in [6.07, 6.45) is 7.27. The Labute approximate surface area is 110 Å². The van der Waals surface area contributed by atoms with Crippen LogP contribution >= 0.6 is 0 Å². The third-order valence-corrected chi connectivity index (χ3v) is 7.36. The second-order valence-electron chi connectivity index (χ2n) is 6.24. The normalized spacial score (nSPS) is 36.1. The van der Waals surface area contributed by atoms with Crippen LogP contribution < -0.4 is 0 Å². The van der Waals surface area contributed by atoms with Gasteiger partial charge in [0.2, 0.25) is 10.0 Å². The molecule has 2 bridgehead atoms. The van der Waals surface area contributed by atoms with Crippen LogP contribution in [0, 0.1) is 0 Å². The van der Waals surface area contributed by atoms with Crippen molar-refractivity contribution in [1.82, 2.24) is 9.21 Å². The van der Waals surface area contributed by atoms with Crippen LogP contribution in [-0.2, 0) is 10.0 Å². The predicted molar refractivity (Wildman–Crippen MR) is 71.9 cm³/mol. The zero-order valence-corrected chi connectivity index (χ0v) is 12.0. The van der Waals surface area contributed by atoms with Crippen LogP contribution in [0.4, 0.5) is 0 Å². The van der Waals surface area contributed by atoms with E-state index < -0.39 is 10.0 Å². The van der Waals surface area contributed by atoms with Crippen LogP contribution in [-0.4, -0.2) is 55.1 Å². The fraction of sp³-hybridized carbons (Fsp3) is 1.00. The van der Waals surface area contributed by atoms with E-state index in [2.05, 4.69) is 11.9 Å². The van der Waals surface area contributed by atoms with E-state index in [0.29, 0.717) is 0 Å². The molecule has 2 unspecified atom stereocenters.